The molecule has 16 heteroatoms. The van der Waals surface area contributed by atoms with Gasteiger partial charge in [0.2, 0.25) is 0 Å². The topological polar surface area (TPSA) is 151 Å². The van der Waals surface area contributed by atoms with Crippen LogP contribution in [0, 0.1) is 0 Å². The van der Waals surface area contributed by atoms with Crippen molar-refractivity contribution in [1.82, 2.24) is 0 Å². The first-order chi connectivity index (χ1) is 23.6. The number of hydrogen-bond donors (Lipinski definition) is 0. The fourth-order valence-electron chi connectivity index (χ4n) is 6.70. The number of carbonyl (C=O) groups excluding carboxylic acids is 1. The Morgan fingerprint density at radius 1 is 0.900 bits per heavy atom. The van der Waals surface area contributed by atoms with Gasteiger partial charge in [-0.3, -0.25) is 13.5 Å². The molecule has 0 aliphatic carbocycles. The highest BCUT2D eigenvalue weighted by atomic mass is 35.5. The third-order valence-corrected chi connectivity index (χ3v) is 13.0. The van der Waals surface area contributed by atoms with Crippen LogP contribution in [0.3, 0.4) is 0 Å². The van der Waals surface area contributed by atoms with Gasteiger partial charge < -0.3 is 37.5 Å². The van der Waals surface area contributed by atoms with Gasteiger partial charge in [-0.25, -0.2) is 0 Å². The molecule has 3 aliphatic heterocycles. The van der Waals surface area contributed by atoms with E-state index in [1.165, 1.54) is 0 Å². The summed E-state index contributed by atoms with van der Waals surface area (Å²) in [6.07, 6.45) is -5.03. The lowest BCUT2D eigenvalue weighted by Crippen LogP contribution is -2.46. The second-order valence-electron chi connectivity index (χ2n) is 12.9. The van der Waals surface area contributed by atoms with Gasteiger partial charge in [-0.05, 0) is 65.7 Å². The first-order valence-corrected chi connectivity index (χ1v) is 20.1. The van der Waals surface area contributed by atoms with E-state index in [2.05, 4.69) is 0 Å². The van der Waals surface area contributed by atoms with E-state index >= 15 is 8.42 Å². The van der Waals surface area contributed by atoms with E-state index in [0.717, 1.165) is 0 Å². The summed E-state index contributed by atoms with van der Waals surface area (Å²) >= 11 is 6.80. The standard InChI is InChI=1S/C34H46ClO13PS/c1-8-40-31(36)29(49(37,42-9-2)43-10-3)25(22-18-14-15-19-23(22)35)30(21-16-12-11-13-17-21)50(38,39)48-27-26(24-20-41-33(4,5)45-24)44-32-28(27)46-34(6,7)47-32/h11-19,24-30,32H,8-10,20H2,1-7H3/t24-,25-,26-,27-,28-,29+,30-,32-/m1/s1. The molecule has 2 aromatic carbocycles. The molecule has 3 fully saturated rings. The summed E-state index contributed by atoms with van der Waals surface area (Å²) in [5.74, 6) is -4.59. The van der Waals surface area contributed by atoms with Crippen molar-refractivity contribution in [2.24, 2.45) is 0 Å². The first kappa shape index (κ1) is 39.3. The third kappa shape index (κ3) is 8.31. The van der Waals surface area contributed by atoms with E-state index in [1.807, 2.05) is 0 Å². The Labute approximate surface area is 298 Å². The second kappa shape index (κ2) is 15.6. The molecule has 5 rings (SSSR count). The Hall–Kier alpha value is -1.94. The number of halogens is 1. The molecule has 0 unspecified atom stereocenters. The predicted octanol–water partition coefficient (Wildman–Crippen LogP) is 6.11. The Bertz CT molecular complexity index is 1630. The molecule has 0 N–H and O–H groups in total. The minimum absolute atomic E-state index is 0.0849. The first-order valence-electron chi connectivity index (χ1n) is 16.7. The predicted molar refractivity (Wildman–Crippen MR) is 182 cm³/mol. The van der Waals surface area contributed by atoms with Gasteiger partial charge >= 0.3 is 13.6 Å². The molecule has 0 spiro atoms. The van der Waals surface area contributed by atoms with Crippen molar-refractivity contribution in [1.29, 1.82) is 0 Å². The second-order valence-corrected chi connectivity index (χ2v) is 17.2. The maximum absolute atomic E-state index is 15.2. The zero-order chi connectivity index (χ0) is 36.5. The van der Waals surface area contributed by atoms with Gasteiger partial charge in [-0.15, -0.1) is 0 Å². The Morgan fingerprint density at radius 2 is 1.54 bits per heavy atom. The smallest absolute Gasteiger partial charge is 0.345 e. The molecule has 3 aliphatic rings. The van der Waals surface area contributed by atoms with Crippen LogP contribution in [0.4, 0.5) is 0 Å². The molecule has 2 aromatic rings. The number of esters is 1. The SMILES string of the molecule is CCOC(=O)[C@H]([C@@H](c1ccccc1Cl)[C@@H](c1ccccc1)S(=O)(=O)O[C@H]1[C@H]2OC(C)(C)O[C@H]2O[C@@H]1[C@H]1COC(C)(C)O1)P(=O)(OCC)OCC. The maximum Gasteiger partial charge on any atom is 0.345 e. The molecule has 50 heavy (non-hydrogen) atoms. The average Bonchev–Trinajstić information content (AvgIpc) is 3.66. The van der Waals surface area contributed by atoms with Crippen molar-refractivity contribution in [3.63, 3.8) is 0 Å². The summed E-state index contributed by atoms with van der Waals surface area (Å²) in [5, 5.41) is -1.61. The van der Waals surface area contributed by atoms with Crippen molar-refractivity contribution in [2.45, 2.75) is 108 Å². The van der Waals surface area contributed by atoms with Gasteiger partial charge in [0, 0.05) is 10.9 Å². The molecule has 0 bridgehead atoms. The number of hydrogen-bond acceptors (Lipinski definition) is 13. The molecule has 0 saturated carbocycles. The highest BCUT2D eigenvalue weighted by molar-refractivity contribution is 7.87. The van der Waals surface area contributed by atoms with Crippen LogP contribution in [0.1, 0.15) is 70.8 Å². The molecule has 13 nitrogen and oxygen atoms in total. The van der Waals surface area contributed by atoms with Gasteiger partial charge in [0.1, 0.15) is 29.7 Å². The van der Waals surface area contributed by atoms with E-state index in [9.17, 15) is 9.36 Å². The normalized spacial score (nSPS) is 27.8. The maximum atomic E-state index is 15.2. The lowest BCUT2D eigenvalue weighted by molar-refractivity contribution is -0.230. The quantitative estimate of drug-likeness (QED) is 0.117. The Kier molecular flexibility index (Phi) is 12.2. The summed E-state index contributed by atoms with van der Waals surface area (Å²) < 4.78 is 98.4. The van der Waals surface area contributed by atoms with E-state index < -0.39 is 82.8 Å². The lowest BCUT2D eigenvalue weighted by Gasteiger charge is -2.37. The minimum Gasteiger partial charge on any atom is -0.465 e. The van der Waals surface area contributed by atoms with E-state index in [1.54, 1.807) is 103 Å². The van der Waals surface area contributed by atoms with Crippen LogP contribution in [0.15, 0.2) is 54.6 Å². The van der Waals surface area contributed by atoms with Crippen LogP contribution in [0.2, 0.25) is 5.02 Å². The fraction of sp³-hybridized carbons (Fsp3) is 0.618. The van der Waals surface area contributed by atoms with Crippen LogP contribution in [0.25, 0.3) is 0 Å². The number of rotatable bonds is 15. The van der Waals surface area contributed by atoms with Crippen molar-refractivity contribution >= 4 is 35.3 Å². The van der Waals surface area contributed by atoms with E-state index in [4.69, 9.17) is 53.3 Å². The van der Waals surface area contributed by atoms with E-state index in [0.29, 0.717) is 0 Å². The van der Waals surface area contributed by atoms with E-state index in [-0.39, 0.29) is 42.6 Å². The molecule has 0 amide bonds. The van der Waals surface area contributed by atoms with Crippen molar-refractivity contribution in [2.75, 3.05) is 26.4 Å². The molecule has 0 aromatic heterocycles. The van der Waals surface area contributed by atoms with Gasteiger partial charge in [-0.2, -0.15) is 8.42 Å². The zero-order valence-electron chi connectivity index (χ0n) is 29.2. The highest BCUT2D eigenvalue weighted by Crippen LogP contribution is 2.62. The fourth-order valence-corrected chi connectivity index (χ4v) is 11.1. The number of ether oxygens (including phenoxy) is 6. The summed E-state index contributed by atoms with van der Waals surface area (Å²) in [4.78, 5) is 14.1. The monoisotopic (exact) mass is 760 g/mol. The number of benzene rings is 2. The molecule has 3 saturated heterocycles. The summed E-state index contributed by atoms with van der Waals surface area (Å²) in [6.45, 7) is 11.3. The van der Waals surface area contributed by atoms with Crippen molar-refractivity contribution in [3.05, 3.63) is 70.7 Å². The van der Waals surface area contributed by atoms with Gasteiger partial charge in [0.25, 0.3) is 10.1 Å². The third-order valence-electron chi connectivity index (χ3n) is 8.53. The van der Waals surface area contributed by atoms with Gasteiger partial charge in [0.05, 0.1) is 26.4 Å². The lowest BCUT2D eigenvalue weighted by atomic mass is 9.88. The van der Waals surface area contributed by atoms with Gasteiger partial charge in [-0.1, -0.05) is 60.1 Å². The van der Waals surface area contributed by atoms with Crippen LogP contribution >= 0.6 is 19.2 Å². The Morgan fingerprint density at radius 3 is 2.12 bits per heavy atom. The number of fused-ring (bicyclic) bond motifs is 1. The molecule has 0 radical (unpaired) electrons. The van der Waals surface area contributed by atoms with Crippen LogP contribution in [-0.4, -0.2) is 88.8 Å². The number of carbonyl (C=O) groups is 1. The molecule has 278 valence electrons. The zero-order valence-corrected chi connectivity index (χ0v) is 31.7. The average molecular weight is 761 g/mol. The van der Waals surface area contributed by atoms with Crippen LogP contribution in [-0.2, 0) is 61.1 Å². The molecule has 8 atom stereocenters. The van der Waals surface area contributed by atoms with Gasteiger partial charge in [0.15, 0.2) is 23.5 Å². The summed E-state index contributed by atoms with van der Waals surface area (Å²) in [6, 6.07) is 14.5. The molecular formula is C34H46ClO13PS. The van der Waals surface area contributed by atoms with Crippen LogP contribution in [0.5, 0.6) is 0 Å². The van der Waals surface area contributed by atoms with Crippen molar-refractivity contribution in [3.8, 4) is 0 Å². The summed E-state index contributed by atoms with van der Waals surface area (Å²) in [7, 11) is -9.36. The largest absolute Gasteiger partial charge is 0.465 e. The highest BCUT2D eigenvalue weighted by Gasteiger charge is 2.62. The molecule has 3 heterocycles. The Balaban J connectivity index is 1.70. The minimum atomic E-state index is -4.88. The molecular weight excluding hydrogens is 715 g/mol. The van der Waals surface area contributed by atoms with Crippen molar-refractivity contribution < 1.29 is 59.4 Å². The summed E-state index contributed by atoms with van der Waals surface area (Å²) in [5.41, 5.74) is -1.41. The van der Waals surface area contributed by atoms with Crippen LogP contribution < -0.4 is 0 Å².